The maximum Gasteiger partial charge on any atom is 0.272 e. The molecule has 184 valence electrons. The first kappa shape index (κ1) is 23.9. The Kier molecular flexibility index (Phi) is 6.83. The number of amides is 1. The molecule has 1 aromatic carbocycles. The summed E-state index contributed by atoms with van der Waals surface area (Å²) < 4.78 is 0. The number of carbonyl (C=O) groups is 1. The average molecular weight is 472 g/mol. The second-order valence-corrected chi connectivity index (χ2v) is 10.9. The van der Waals surface area contributed by atoms with Crippen molar-refractivity contribution in [3.05, 3.63) is 65.5 Å². The van der Waals surface area contributed by atoms with Gasteiger partial charge < -0.3 is 9.80 Å². The van der Waals surface area contributed by atoms with Gasteiger partial charge in [0.25, 0.3) is 5.91 Å². The number of rotatable bonds is 4. The zero-order valence-electron chi connectivity index (χ0n) is 21.3. The molecule has 5 rings (SSSR count). The zero-order valence-corrected chi connectivity index (χ0v) is 21.3. The number of hydrogen-bond acceptors (Lipinski definition) is 5. The van der Waals surface area contributed by atoms with Crippen molar-refractivity contribution in [3.8, 4) is 0 Å². The van der Waals surface area contributed by atoms with Crippen LogP contribution in [0.4, 0.5) is 0 Å². The lowest BCUT2D eigenvalue weighted by Gasteiger charge is -2.37. The van der Waals surface area contributed by atoms with Gasteiger partial charge in [0.05, 0.1) is 5.69 Å². The molecule has 1 amide bonds. The SMILES string of the molecule is Cc1nc(C(=O)N2CCC[C@H](Cc3cccc4cnccc34)CC2)cc(C2(C)CCN(C)CC2)n1. The highest BCUT2D eigenvalue weighted by Gasteiger charge is 2.33. The normalized spacial score (nSPS) is 21.1. The molecule has 2 saturated heterocycles. The van der Waals surface area contributed by atoms with E-state index < -0.39 is 0 Å². The molecule has 2 aliphatic heterocycles. The summed E-state index contributed by atoms with van der Waals surface area (Å²) >= 11 is 0. The lowest BCUT2D eigenvalue weighted by atomic mass is 9.77. The van der Waals surface area contributed by atoms with Crippen LogP contribution in [-0.2, 0) is 11.8 Å². The van der Waals surface area contributed by atoms with E-state index in [1.807, 2.05) is 30.3 Å². The molecular weight excluding hydrogens is 434 g/mol. The number of piperidine rings is 1. The number of carbonyl (C=O) groups excluding carboxylic acids is 1. The maximum absolute atomic E-state index is 13.6. The van der Waals surface area contributed by atoms with Crippen molar-refractivity contribution in [2.45, 2.75) is 57.8 Å². The van der Waals surface area contributed by atoms with E-state index in [4.69, 9.17) is 4.98 Å². The second-order valence-electron chi connectivity index (χ2n) is 10.9. The molecule has 2 aliphatic rings. The third-order valence-electron chi connectivity index (χ3n) is 8.18. The Morgan fingerprint density at radius 1 is 1.09 bits per heavy atom. The Hall–Kier alpha value is -2.86. The lowest BCUT2D eigenvalue weighted by Crippen LogP contribution is -2.40. The van der Waals surface area contributed by atoms with Crippen LogP contribution >= 0.6 is 0 Å². The molecule has 4 heterocycles. The van der Waals surface area contributed by atoms with E-state index in [0.29, 0.717) is 17.4 Å². The molecule has 0 spiro atoms. The number of aryl methyl sites for hydroxylation is 1. The lowest BCUT2D eigenvalue weighted by molar-refractivity contribution is 0.0753. The fraction of sp³-hybridized carbons (Fsp3) is 0.517. The number of benzene rings is 1. The van der Waals surface area contributed by atoms with Gasteiger partial charge in [0, 0.05) is 36.3 Å². The van der Waals surface area contributed by atoms with Gasteiger partial charge in [0.1, 0.15) is 11.5 Å². The molecule has 0 aliphatic carbocycles. The first-order valence-corrected chi connectivity index (χ1v) is 13.1. The minimum absolute atomic E-state index is 0.00704. The first-order chi connectivity index (χ1) is 16.9. The zero-order chi connectivity index (χ0) is 24.4. The molecule has 2 fully saturated rings. The minimum atomic E-state index is 0.00704. The van der Waals surface area contributed by atoms with E-state index in [0.717, 1.165) is 70.4 Å². The van der Waals surface area contributed by atoms with Crippen LogP contribution in [0, 0.1) is 12.8 Å². The van der Waals surface area contributed by atoms with Gasteiger partial charge in [0.2, 0.25) is 0 Å². The molecule has 0 saturated carbocycles. The van der Waals surface area contributed by atoms with Gasteiger partial charge in [-0.1, -0.05) is 25.1 Å². The van der Waals surface area contributed by atoms with Crippen molar-refractivity contribution in [1.82, 2.24) is 24.8 Å². The number of aromatic nitrogens is 3. The summed E-state index contributed by atoms with van der Waals surface area (Å²) in [6, 6.07) is 10.6. The van der Waals surface area contributed by atoms with Gasteiger partial charge in [0.15, 0.2) is 0 Å². The minimum Gasteiger partial charge on any atom is -0.337 e. The van der Waals surface area contributed by atoms with Crippen molar-refractivity contribution < 1.29 is 4.79 Å². The molecule has 0 bridgehead atoms. The maximum atomic E-state index is 13.6. The first-order valence-electron chi connectivity index (χ1n) is 13.1. The largest absolute Gasteiger partial charge is 0.337 e. The summed E-state index contributed by atoms with van der Waals surface area (Å²) in [4.78, 5) is 31.6. The fourth-order valence-electron chi connectivity index (χ4n) is 5.77. The monoisotopic (exact) mass is 471 g/mol. The van der Waals surface area contributed by atoms with Crippen LogP contribution < -0.4 is 0 Å². The molecule has 2 aromatic heterocycles. The standard InChI is InChI=1S/C29H37N5O/c1-21-31-26(19-27(32-21)29(2)11-16-33(3)17-12-29)28(35)34-14-5-6-22(10-15-34)18-23-7-4-8-24-20-30-13-9-25(23)24/h4,7-9,13,19-20,22H,5-6,10-12,14-18H2,1-3H3/t22-/m0/s1. The molecular formula is C29H37N5O. The fourth-order valence-corrected chi connectivity index (χ4v) is 5.77. The smallest absolute Gasteiger partial charge is 0.272 e. The van der Waals surface area contributed by atoms with E-state index in [1.54, 1.807) is 0 Å². The predicted octanol–water partition coefficient (Wildman–Crippen LogP) is 4.80. The Morgan fingerprint density at radius 2 is 1.91 bits per heavy atom. The van der Waals surface area contributed by atoms with Crippen molar-refractivity contribution in [2.75, 3.05) is 33.2 Å². The number of hydrogen-bond donors (Lipinski definition) is 0. The average Bonchev–Trinajstić information content (AvgIpc) is 3.11. The van der Waals surface area contributed by atoms with Crippen LogP contribution in [0.1, 0.15) is 66.6 Å². The van der Waals surface area contributed by atoms with Crippen LogP contribution in [0.2, 0.25) is 0 Å². The molecule has 35 heavy (non-hydrogen) atoms. The van der Waals surface area contributed by atoms with E-state index in [-0.39, 0.29) is 11.3 Å². The molecule has 0 unspecified atom stereocenters. The highest BCUT2D eigenvalue weighted by Crippen LogP contribution is 2.34. The summed E-state index contributed by atoms with van der Waals surface area (Å²) in [5.74, 6) is 1.33. The molecule has 1 atom stereocenters. The van der Waals surface area contributed by atoms with E-state index in [2.05, 4.69) is 53.1 Å². The number of pyridine rings is 1. The van der Waals surface area contributed by atoms with E-state index in [1.165, 1.54) is 16.3 Å². The Labute approximate surface area is 208 Å². The van der Waals surface area contributed by atoms with Crippen molar-refractivity contribution >= 4 is 16.7 Å². The van der Waals surface area contributed by atoms with Crippen LogP contribution in [-0.4, -0.2) is 63.9 Å². The third kappa shape index (κ3) is 5.22. The van der Waals surface area contributed by atoms with E-state index in [9.17, 15) is 4.79 Å². The van der Waals surface area contributed by atoms with Crippen molar-refractivity contribution in [2.24, 2.45) is 5.92 Å². The highest BCUT2D eigenvalue weighted by molar-refractivity contribution is 5.92. The summed E-state index contributed by atoms with van der Waals surface area (Å²) in [6.07, 6.45) is 10.2. The topological polar surface area (TPSA) is 62.2 Å². The highest BCUT2D eigenvalue weighted by atomic mass is 16.2. The van der Waals surface area contributed by atoms with E-state index >= 15 is 0 Å². The van der Waals surface area contributed by atoms with Crippen LogP contribution in [0.15, 0.2) is 42.7 Å². The summed E-state index contributed by atoms with van der Waals surface area (Å²) in [6.45, 7) is 7.91. The number of fused-ring (bicyclic) bond motifs is 1. The molecule has 6 heteroatoms. The van der Waals surface area contributed by atoms with Gasteiger partial charge in [-0.05, 0) is 94.6 Å². The van der Waals surface area contributed by atoms with Gasteiger partial charge in [-0.25, -0.2) is 9.97 Å². The van der Waals surface area contributed by atoms with Gasteiger partial charge in [-0.15, -0.1) is 0 Å². The molecule has 6 nitrogen and oxygen atoms in total. The quantitative estimate of drug-likeness (QED) is 0.547. The van der Waals surface area contributed by atoms with Gasteiger partial charge >= 0.3 is 0 Å². The Morgan fingerprint density at radius 3 is 2.74 bits per heavy atom. The van der Waals surface area contributed by atoms with Gasteiger partial charge in [-0.2, -0.15) is 0 Å². The molecule has 0 N–H and O–H groups in total. The number of likely N-dealkylation sites (tertiary alicyclic amines) is 2. The van der Waals surface area contributed by atoms with Crippen LogP contribution in [0.25, 0.3) is 10.8 Å². The Bertz CT molecular complexity index is 1200. The number of nitrogens with zero attached hydrogens (tertiary/aromatic N) is 5. The summed E-state index contributed by atoms with van der Waals surface area (Å²) in [5, 5.41) is 2.50. The summed E-state index contributed by atoms with van der Waals surface area (Å²) in [5.41, 5.74) is 2.98. The molecule has 0 radical (unpaired) electrons. The Balaban J connectivity index is 1.28. The van der Waals surface area contributed by atoms with Crippen molar-refractivity contribution in [1.29, 1.82) is 0 Å². The molecule has 3 aromatic rings. The van der Waals surface area contributed by atoms with Crippen LogP contribution in [0.5, 0.6) is 0 Å². The second kappa shape index (κ2) is 10.0. The third-order valence-corrected chi connectivity index (χ3v) is 8.18. The predicted molar refractivity (Wildman–Crippen MR) is 140 cm³/mol. The van der Waals surface area contributed by atoms with Crippen molar-refractivity contribution in [3.63, 3.8) is 0 Å². The van der Waals surface area contributed by atoms with Gasteiger partial charge in [-0.3, -0.25) is 9.78 Å². The van der Waals surface area contributed by atoms with Crippen LogP contribution in [0.3, 0.4) is 0 Å². The summed E-state index contributed by atoms with van der Waals surface area (Å²) in [7, 11) is 2.17.